The van der Waals surface area contributed by atoms with Crippen molar-refractivity contribution in [2.45, 2.75) is 32.4 Å². The van der Waals surface area contributed by atoms with Gasteiger partial charge in [0.2, 0.25) is 0 Å². The van der Waals surface area contributed by atoms with Crippen LogP contribution >= 0.6 is 11.3 Å². The molecule has 3 heterocycles. The van der Waals surface area contributed by atoms with Gasteiger partial charge in [-0.3, -0.25) is 9.48 Å². The topological polar surface area (TPSA) is 78.3 Å². The van der Waals surface area contributed by atoms with Crippen LogP contribution in [0.1, 0.15) is 33.2 Å². The Balaban J connectivity index is 1.54. The fraction of sp³-hybridized carbons (Fsp3) is 0.421. The van der Waals surface area contributed by atoms with Gasteiger partial charge in [-0.15, -0.1) is 11.3 Å². The Hall–Kier alpha value is -2.45. The molecule has 1 aliphatic heterocycles. The van der Waals surface area contributed by atoms with E-state index in [1.54, 1.807) is 23.1 Å². The Morgan fingerprint density at radius 3 is 2.96 bits per heavy atom. The third-order valence-corrected chi connectivity index (χ3v) is 5.51. The van der Waals surface area contributed by atoms with E-state index in [0.29, 0.717) is 31.3 Å². The van der Waals surface area contributed by atoms with Crippen LogP contribution in [0.5, 0.6) is 5.75 Å². The third-order valence-electron chi connectivity index (χ3n) is 4.63. The molecule has 0 unspecified atom stereocenters. The van der Waals surface area contributed by atoms with Crippen molar-refractivity contribution in [1.82, 2.24) is 20.1 Å². The van der Waals surface area contributed by atoms with E-state index in [0.717, 1.165) is 33.6 Å². The predicted octanol–water partition coefficient (Wildman–Crippen LogP) is 2.83. The van der Waals surface area contributed by atoms with Crippen LogP contribution in [0, 0.1) is 6.92 Å². The number of carbonyl (C=O) groups excluding carboxylic acids is 1. The minimum absolute atomic E-state index is 0.109. The zero-order chi connectivity index (χ0) is 18.8. The number of benzene rings is 1. The van der Waals surface area contributed by atoms with Gasteiger partial charge in [-0.05, 0) is 38.0 Å². The summed E-state index contributed by atoms with van der Waals surface area (Å²) >= 11 is 1.62. The van der Waals surface area contributed by atoms with Crippen molar-refractivity contribution in [2.24, 2.45) is 7.05 Å². The summed E-state index contributed by atoms with van der Waals surface area (Å²) in [7, 11) is 1.79. The number of fused-ring (bicyclic) bond motifs is 1. The lowest BCUT2D eigenvalue weighted by atomic mass is 10.1. The summed E-state index contributed by atoms with van der Waals surface area (Å²) in [5.74, 6) is 0.601. The third kappa shape index (κ3) is 3.96. The summed E-state index contributed by atoms with van der Waals surface area (Å²) in [5.41, 5.74) is 1.33. The van der Waals surface area contributed by atoms with Gasteiger partial charge in [-0.2, -0.15) is 5.10 Å². The van der Waals surface area contributed by atoms with Crippen LogP contribution in [0.3, 0.4) is 0 Å². The normalized spacial score (nSPS) is 15.2. The van der Waals surface area contributed by atoms with Gasteiger partial charge < -0.3 is 14.8 Å². The van der Waals surface area contributed by atoms with Gasteiger partial charge in [0.1, 0.15) is 18.1 Å². The van der Waals surface area contributed by atoms with E-state index in [1.165, 1.54) is 0 Å². The lowest BCUT2D eigenvalue weighted by molar-refractivity contribution is 0.0693. The van der Waals surface area contributed by atoms with Crippen LogP contribution in [-0.4, -0.2) is 39.9 Å². The van der Waals surface area contributed by atoms with E-state index in [4.69, 9.17) is 9.47 Å². The summed E-state index contributed by atoms with van der Waals surface area (Å²) in [5, 5.41) is 9.37. The molecule has 0 aliphatic carbocycles. The molecule has 2 aromatic heterocycles. The molecule has 0 spiro atoms. The van der Waals surface area contributed by atoms with Crippen LogP contribution in [0.2, 0.25) is 0 Å². The Morgan fingerprint density at radius 1 is 1.41 bits per heavy atom. The number of hydrogen-bond donors (Lipinski definition) is 1. The van der Waals surface area contributed by atoms with E-state index in [-0.39, 0.29) is 11.9 Å². The second-order valence-corrected chi connectivity index (χ2v) is 7.96. The molecule has 1 fully saturated rings. The molecule has 1 amide bonds. The second-order valence-electron chi connectivity index (χ2n) is 6.65. The van der Waals surface area contributed by atoms with E-state index in [1.807, 2.05) is 31.3 Å². The van der Waals surface area contributed by atoms with E-state index in [2.05, 4.69) is 15.4 Å². The summed E-state index contributed by atoms with van der Waals surface area (Å²) in [4.78, 5) is 18.1. The minimum Gasteiger partial charge on any atom is -0.488 e. The average molecular weight is 386 g/mol. The second kappa shape index (κ2) is 7.66. The van der Waals surface area contributed by atoms with Crippen molar-refractivity contribution in [3.8, 4) is 5.75 Å². The Morgan fingerprint density at radius 2 is 2.22 bits per heavy atom. The standard InChI is InChI=1S/C19H22N4O3S/c1-12-20-10-15(27-12)11-26-14-3-4-17-16(9-14)18(23(2)22-17)19(24)21-13-5-7-25-8-6-13/h3-4,9-10,13H,5-8,11H2,1-2H3,(H,21,24). The van der Waals surface area contributed by atoms with Crippen molar-refractivity contribution < 1.29 is 14.3 Å². The van der Waals surface area contributed by atoms with Crippen molar-refractivity contribution in [3.63, 3.8) is 0 Å². The molecule has 1 saturated heterocycles. The van der Waals surface area contributed by atoms with Gasteiger partial charge in [0.05, 0.1) is 15.4 Å². The van der Waals surface area contributed by atoms with Gasteiger partial charge >= 0.3 is 0 Å². The number of ether oxygens (including phenoxy) is 2. The average Bonchev–Trinajstić information content (AvgIpc) is 3.22. The van der Waals surface area contributed by atoms with Crippen LogP contribution in [-0.2, 0) is 18.4 Å². The maximum atomic E-state index is 12.8. The van der Waals surface area contributed by atoms with Gasteiger partial charge in [-0.1, -0.05) is 0 Å². The van der Waals surface area contributed by atoms with Gasteiger partial charge in [0.15, 0.2) is 0 Å². The number of nitrogens with one attached hydrogen (secondary N) is 1. The van der Waals surface area contributed by atoms with E-state index >= 15 is 0 Å². The molecule has 8 heteroatoms. The quantitative estimate of drug-likeness (QED) is 0.730. The molecule has 0 radical (unpaired) electrons. The smallest absolute Gasteiger partial charge is 0.270 e. The molecular formula is C19H22N4O3S. The molecule has 142 valence electrons. The molecule has 1 aliphatic rings. The Labute approximate surface area is 161 Å². The summed E-state index contributed by atoms with van der Waals surface area (Å²) in [6.45, 7) is 3.80. The number of amides is 1. The maximum absolute atomic E-state index is 12.8. The number of hydrogen-bond acceptors (Lipinski definition) is 6. The minimum atomic E-state index is -0.109. The largest absolute Gasteiger partial charge is 0.488 e. The van der Waals surface area contributed by atoms with Gasteiger partial charge in [0.25, 0.3) is 5.91 Å². The molecule has 1 aromatic carbocycles. The molecule has 0 atom stereocenters. The number of rotatable bonds is 5. The fourth-order valence-electron chi connectivity index (χ4n) is 3.26. The highest BCUT2D eigenvalue weighted by Crippen LogP contribution is 2.25. The molecule has 4 rings (SSSR count). The number of thiazole rings is 1. The molecular weight excluding hydrogens is 364 g/mol. The van der Waals surface area contributed by atoms with Crippen molar-refractivity contribution in [1.29, 1.82) is 0 Å². The molecule has 3 aromatic rings. The van der Waals surface area contributed by atoms with Crippen LogP contribution in [0.4, 0.5) is 0 Å². The zero-order valence-electron chi connectivity index (χ0n) is 15.4. The molecule has 27 heavy (non-hydrogen) atoms. The monoisotopic (exact) mass is 386 g/mol. The zero-order valence-corrected chi connectivity index (χ0v) is 16.2. The predicted molar refractivity (Wildman–Crippen MR) is 103 cm³/mol. The van der Waals surface area contributed by atoms with Crippen LogP contribution in [0.25, 0.3) is 10.9 Å². The lowest BCUT2D eigenvalue weighted by Crippen LogP contribution is -2.39. The van der Waals surface area contributed by atoms with Gasteiger partial charge in [-0.25, -0.2) is 4.98 Å². The van der Waals surface area contributed by atoms with Crippen molar-refractivity contribution in [3.05, 3.63) is 40.0 Å². The fourth-order valence-corrected chi connectivity index (χ4v) is 3.97. The van der Waals surface area contributed by atoms with Crippen LogP contribution < -0.4 is 10.1 Å². The highest BCUT2D eigenvalue weighted by Gasteiger charge is 2.22. The van der Waals surface area contributed by atoms with Crippen LogP contribution in [0.15, 0.2) is 24.4 Å². The van der Waals surface area contributed by atoms with Gasteiger partial charge in [0, 0.05) is 37.9 Å². The van der Waals surface area contributed by atoms with Crippen molar-refractivity contribution >= 4 is 28.1 Å². The first-order valence-corrected chi connectivity index (χ1v) is 9.81. The molecule has 1 N–H and O–H groups in total. The first-order valence-electron chi connectivity index (χ1n) is 8.99. The molecule has 0 saturated carbocycles. The first-order chi connectivity index (χ1) is 13.1. The SMILES string of the molecule is Cc1ncc(COc2ccc3nn(C)c(C(=O)NC4CCOCC4)c3c2)s1. The Bertz CT molecular complexity index is 959. The molecule has 7 nitrogen and oxygen atoms in total. The molecule has 0 bridgehead atoms. The lowest BCUT2D eigenvalue weighted by Gasteiger charge is -2.23. The number of carbonyl (C=O) groups is 1. The first kappa shape index (κ1) is 17.9. The Kier molecular flexibility index (Phi) is 5.09. The summed E-state index contributed by atoms with van der Waals surface area (Å²) in [6.07, 6.45) is 3.50. The highest BCUT2D eigenvalue weighted by molar-refractivity contribution is 7.11. The van der Waals surface area contributed by atoms with E-state index < -0.39 is 0 Å². The number of aromatic nitrogens is 3. The van der Waals surface area contributed by atoms with Crippen molar-refractivity contribution in [2.75, 3.05) is 13.2 Å². The maximum Gasteiger partial charge on any atom is 0.270 e. The summed E-state index contributed by atoms with van der Waals surface area (Å²) < 4.78 is 12.9. The highest BCUT2D eigenvalue weighted by atomic mass is 32.1. The van der Waals surface area contributed by atoms with E-state index in [9.17, 15) is 4.79 Å². The summed E-state index contributed by atoms with van der Waals surface area (Å²) in [6, 6.07) is 5.79. The number of nitrogens with zero attached hydrogens (tertiary/aromatic N) is 3. The number of aryl methyl sites for hydroxylation is 2.